The second-order valence-electron chi connectivity index (χ2n) is 7.99. The van der Waals surface area contributed by atoms with Gasteiger partial charge in [-0.15, -0.1) is 0 Å². The van der Waals surface area contributed by atoms with E-state index in [0.717, 1.165) is 12.1 Å². The van der Waals surface area contributed by atoms with Crippen molar-refractivity contribution >= 4 is 18.3 Å². The first-order valence-corrected chi connectivity index (χ1v) is 9.28. The van der Waals surface area contributed by atoms with E-state index in [0.29, 0.717) is 12.0 Å². The number of benzene rings is 1. The van der Waals surface area contributed by atoms with Crippen LogP contribution in [0, 0.1) is 5.92 Å². The summed E-state index contributed by atoms with van der Waals surface area (Å²) in [5.41, 5.74) is -1.03. The lowest BCUT2D eigenvalue weighted by Gasteiger charge is -2.51. The Morgan fingerprint density at radius 3 is 2.21 bits per heavy atom. The van der Waals surface area contributed by atoms with Crippen LogP contribution in [-0.2, 0) is 27.1 Å². The van der Waals surface area contributed by atoms with Crippen LogP contribution in [0.3, 0.4) is 0 Å². The number of hydrogen-bond donors (Lipinski definition) is 1. The number of carbonyl (C=O) groups excluding carboxylic acids is 2. The summed E-state index contributed by atoms with van der Waals surface area (Å²) in [6.45, 7) is 5.12. The van der Waals surface area contributed by atoms with Gasteiger partial charge in [-0.1, -0.05) is 12.1 Å². The fourth-order valence-corrected chi connectivity index (χ4v) is 3.54. The molecule has 0 aromatic heterocycles. The van der Waals surface area contributed by atoms with E-state index in [-0.39, 0.29) is 37.9 Å². The Balaban J connectivity index is 2.24. The summed E-state index contributed by atoms with van der Waals surface area (Å²) in [7, 11) is 0. The minimum Gasteiger partial charge on any atom is -0.481 e. The molecule has 1 aliphatic carbocycles. The monoisotopic (exact) mass is 414 g/mol. The highest BCUT2D eigenvalue weighted by Gasteiger charge is 2.49. The van der Waals surface area contributed by atoms with Gasteiger partial charge in [-0.25, -0.2) is 0 Å². The Morgan fingerprint density at radius 2 is 1.79 bits per heavy atom. The Labute approximate surface area is 167 Å². The molecule has 1 N–H and O–H groups in total. The van der Waals surface area contributed by atoms with E-state index < -0.39 is 29.2 Å². The molecule has 160 valence electrons. The van der Waals surface area contributed by atoms with E-state index in [1.54, 1.807) is 20.8 Å². The molecular formula is C20H25F3N2O4. The summed E-state index contributed by atoms with van der Waals surface area (Å²) in [6, 6.07) is 4.31. The number of hydrogen-bond acceptors (Lipinski definition) is 3. The van der Waals surface area contributed by atoms with Crippen molar-refractivity contribution in [1.29, 1.82) is 0 Å². The fourth-order valence-electron chi connectivity index (χ4n) is 3.54. The lowest BCUT2D eigenvalue weighted by atomic mass is 9.68. The molecule has 0 unspecified atom stereocenters. The van der Waals surface area contributed by atoms with Crippen LogP contribution < -0.4 is 0 Å². The quantitative estimate of drug-likeness (QED) is 0.663. The second kappa shape index (κ2) is 8.42. The van der Waals surface area contributed by atoms with Crippen LogP contribution in [0.2, 0.25) is 0 Å². The lowest BCUT2D eigenvalue weighted by Crippen LogP contribution is -2.60. The van der Waals surface area contributed by atoms with E-state index in [1.807, 2.05) is 0 Å². The zero-order chi connectivity index (χ0) is 22.0. The molecule has 1 saturated carbocycles. The van der Waals surface area contributed by atoms with Gasteiger partial charge in [0.05, 0.1) is 18.0 Å². The predicted molar refractivity (Wildman–Crippen MR) is 98.7 cm³/mol. The SMILES string of the molecule is CC(C)N(C=O)CC(=O)N(Cc1ccc(C(F)(F)F)cc1)C1(C)CC(C(=O)O)C1. The van der Waals surface area contributed by atoms with Crippen molar-refractivity contribution in [2.24, 2.45) is 5.92 Å². The molecule has 6 nitrogen and oxygen atoms in total. The number of carboxylic acids is 1. The molecule has 2 rings (SSSR count). The minimum atomic E-state index is -4.45. The van der Waals surface area contributed by atoms with E-state index in [4.69, 9.17) is 0 Å². The molecule has 2 amide bonds. The molecule has 1 fully saturated rings. The second-order valence-corrected chi connectivity index (χ2v) is 7.99. The van der Waals surface area contributed by atoms with Crippen molar-refractivity contribution in [1.82, 2.24) is 9.80 Å². The van der Waals surface area contributed by atoms with Gasteiger partial charge >= 0.3 is 12.1 Å². The topological polar surface area (TPSA) is 77.9 Å². The zero-order valence-corrected chi connectivity index (χ0v) is 16.6. The zero-order valence-electron chi connectivity index (χ0n) is 16.6. The van der Waals surface area contributed by atoms with Gasteiger partial charge in [0.1, 0.15) is 0 Å². The molecule has 0 radical (unpaired) electrons. The number of carbonyl (C=O) groups is 3. The van der Waals surface area contributed by atoms with E-state index in [2.05, 4.69) is 0 Å². The van der Waals surface area contributed by atoms with Gasteiger partial charge in [0, 0.05) is 18.1 Å². The van der Waals surface area contributed by atoms with Crippen molar-refractivity contribution in [2.45, 2.75) is 57.9 Å². The number of aliphatic carboxylic acids is 1. The van der Waals surface area contributed by atoms with Gasteiger partial charge in [-0.3, -0.25) is 14.4 Å². The molecule has 0 saturated heterocycles. The van der Waals surface area contributed by atoms with E-state index in [1.165, 1.54) is 21.9 Å². The van der Waals surface area contributed by atoms with Gasteiger partial charge in [0.2, 0.25) is 12.3 Å². The van der Waals surface area contributed by atoms with Crippen LogP contribution in [-0.4, -0.2) is 51.3 Å². The summed E-state index contributed by atoms with van der Waals surface area (Å²) >= 11 is 0. The summed E-state index contributed by atoms with van der Waals surface area (Å²) in [5, 5.41) is 9.17. The number of carboxylic acid groups (broad SMARTS) is 1. The maximum absolute atomic E-state index is 13.0. The van der Waals surface area contributed by atoms with Crippen molar-refractivity contribution in [3.8, 4) is 0 Å². The number of nitrogens with zero attached hydrogens (tertiary/aromatic N) is 2. The van der Waals surface area contributed by atoms with Crippen LogP contribution in [0.15, 0.2) is 24.3 Å². The summed E-state index contributed by atoms with van der Waals surface area (Å²) in [4.78, 5) is 38.2. The highest BCUT2D eigenvalue weighted by Crippen LogP contribution is 2.43. The standard InChI is InChI=1S/C20H25F3N2O4/c1-13(2)24(12-26)11-17(27)25(19(3)8-15(9-19)18(28)29)10-14-4-6-16(7-5-14)20(21,22)23/h4-7,12-13,15H,8-11H2,1-3H3,(H,28,29). The third kappa shape index (κ3) is 5.27. The largest absolute Gasteiger partial charge is 0.481 e. The normalized spacial score (nSPS) is 21.4. The third-order valence-corrected chi connectivity index (χ3v) is 5.41. The lowest BCUT2D eigenvalue weighted by molar-refractivity contribution is -0.159. The number of amides is 2. The van der Waals surface area contributed by atoms with Crippen molar-refractivity contribution < 1.29 is 32.7 Å². The number of halogens is 3. The third-order valence-electron chi connectivity index (χ3n) is 5.41. The van der Waals surface area contributed by atoms with Crippen LogP contribution >= 0.6 is 0 Å². The summed E-state index contributed by atoms with van der Waals surface area (Å²) in [5.74, 6) is -1.90. The van der Waals surface area contributed by atoms with Gasteiger partial charge < -0.3 is 14.9 Å². The van der Waals surface area contributed by atoms with E-state index in [9.17, 15) is 32.7 Å². The Bertz CT molecular complexity index is 756. The van der Waals surface area contributed by atoms with Crippen LogP contribution in [0.4, 0.5) is 13.2 Å². The molecule has 29 heavy (non-hydrogen) atoms. The Hall–Kier alpha value is -2.58. The molecule has 0 aliphatic heterocycles. The highest BCUT2D eigenvalue weighted by molar-refractivity contribution is 5.82. The minimum absolute atomic E-state index is 0.0323. The average molecular weight is 414 g/mol. The molecule has 1 aromatic rings. The number of rotatable bonds is 8. The van der Waals surface area contributed by atoms with Crippen molar-refractivity contribution in [3.63, 3.8) is 0 Å². The Kier molecular flexibility index (Phi) is 6.60. The van der Waals surface area contributed by atoms with Crippen molar-refractivity contribution in [3.05, 3.63) is 35.4 Å². The first-order chi connectivity index (χ1) is 13.4. The molecule has 0 spiro atoms. The van der Waals surface area contributed by atoms with Crippen LogP contribution in [0.1, 0.15) is 44.7 Å². The van der Waals surface area contributed by atoms with Gasteiger partial charge in [-0.2, -0.15) is 13.2 Å². The highest BCUT2D eigenvalue weighted by atomic mass is 19.4. The van der Waals surface area contributed by atoms with Crippen molar-refractivity contribution in [2.75, 3.05) is 6.54 Å². The fraction of sp³-hybridized carbons (Fsp3) is 0.550. The van der Waals surface area contributed by atoms with Crippen LogP contribution in [0.25, 0.3) is 0 Å². The molecule has 0 atom stereocenters. The molecule has 9 heteroatoms. The first kappa shape index (κ1) is 22.7. The van der Waals surface area contributed by atoms with Gasteiger partial charge in [-0.05, 0) is 51.3 Å². The Morgan fingerprint density at radius 1 is 1.24 bits per heavy atom. The predicted octanol–water partition coefficient (Wildman–Crippen LogP) is 3.15. The summed E-state index contributed by atoms with van der Waals surface area (Å²) < 4.78 is 38.3. The smallest absolute Gasteiger partial charge is 0.416 e. The average Bonchev–Trinajstić information content (AvgIpc) is 2.60. The maximum atomic E-state index is 13.0. The van der Waals surface area contributed by atoms with Gasteiger partial charge in [0.25, 0.3) is 0 Å². The summed E-state index contributed by atoms with van der Waals surface area (Å²) in [6.07, 6.45) is -3.39. The molecule has 1 aliphatic rings. The molecule has 0 heterocycles. The van der Waals surface area contributed by atoms with Gasteiger partial charge in [0.15, 0.2) is 0 Å². The number of alkyl halides is 3. The molecule has 0 bridgehead atoms. The van der Waals surface area contributed by atoms with Crippen LogP contribution in [0.5, 0.6) is 0 Å². The molecule has 1 aromatic carbocycles. The maximum Gasteiger partial charge on any atom is 0.416 e. The molecular weight excluding hydrogens is 389 g/mol. The first-order valence-electron chi connectivity index (χ1n) is 9.28. The van der Waals surface area contributed by atoms with E-state index >= 15 is 0 Å².